The van der Waals surface area contributed by atoms with Gasteiger partial charge in [-0.25, -0.2) is 0 Å². The number of hydrogen-bond donors (Lipinski definition) is 0. The van der Waals surface area contributed by atoms with Gasteiger partial charge in [-0.05, 0) is 107 Å². The first-order chi connectivity index (χ1) is 30.3. The summed E-state index contributed by atoms with van der Waals surface area (Å²) in [6.07, 6.45) is 0. The van der Waals surface area contributed by atoms with E-state index in [1.165, 1.54) is 13.8 Å². The molecule has 0 saturated heterocycles. The van der Waals surface area contributed by atoms with E-state index >= 15 is 0 Å². The lowest BCUT2D eigenvalue weighted by atomic mass is 9.82. The Kier molecular flexibility index (Phi) is 2.45. The first kappa shape index (κ1) is 10.6. The van der Waals surface area contributed by atoms with Crippen molar-refractivity contribution in [2.24, 2.45) is 0 Å². The van der Waals surface area contributed by atoms with Crippen molar-refractivity contribution in [3.63, 3.8) is 0 Å². The molecule has 0 saturated carbocycles. The Bertz CT molecular complexity index is 3480. The van der Waals surface area contributed by atoms with Crippen LogP contribution >= 0.6 is 0 Å². The number of hydrogen-bond acceptors (Lipinski definition) is 0. The fourth-order valence-corrected chi connectivity index (χ4v) is 5.26. The first-order valence-corrected chi connectivity index (χ1v) is 12.8. The van der Waals surface area contributed by atoms with Crippen molar-refractivity contribution in [2.45, 2.75) is 13.8 Å². The highest BCUT2D eigenvalue weighted by Gasteiger charge is 2.19. The van der Waals surface area contributed by atoms with Crippen LogP contribution in [0, 0.1) is 13.8 Å². The van der Waals surface area contributed by atoms with Crippen molar-refractivity contribution in [1.29, 1.82) is 0 Å². The lowest BCUT2D eigenvalue weighted by Gasteiger charge is -2.21. The van der Waals surface area contributed by atoms with E-state index in [1.54, 1.807) is 0 Å². The van der Waals surface area contributed by atoms with Gasteiger partial charge in [-0.2, -0.15) is 0 Å². The van der Waals surface area contributed by atoms with Crippen LogP contribution in [-0.4, -0.2) is 0 Å². The van der Waals surface area contributed by atoms with Gasteiger partial charge in [0.1, 0.15) is 0 Å². The van der Waals surface area contributed by atoms with E-state index in [0.29, 0.717) is 0 Å². The van der Waals surface area contributed by atoms with Gasteiger partial charge in [0.2, 0.25) is 0 Å². The van der Waals surface area contributed by atoms with Crippen LogP contribution in [0.1, 0.15) is 42.7 Å². The maximum atomic E-state index is 9.50. The van der Waals surface area contributed by atoms with Crippen LogP contribution in [0.3, 0.4) is 0 Å². The SMILES string of the molecule is [2H]c1cc([2H])c2c([2H])c(-c3c([2H])c([2H])c(-c4c5c([2H])c([2H])c([2H])c([2H])c5c(-c5c([2H])c([2H])c([2H])c6c([2H])c([2H])c([2H])c(C)c56)c5c(C)c([2H])c([2H])c([2H])c45)c([2H])c3[2H])c([2H])c([2H])c2c1[2H]. The van der Waals surface area contributed by atoms with Gasteiger partial charge in [0.25, 0.3) is 0 Å². The van der Waals surface area contributed by atoms with Crippen LogP contribution in [0.25, 0.3) is 76.5 Å². The molecule has 8 aromatic rings. The second kappa shape index (κ2) is 9.72. The molecule has 42 heavy (non-hydrogen) atoms. The molecule has 0 aliphatic heterocycles. The minimum absolute atomic E-state index is 0.0602. The second-order valence-corrected chi connectivity index (χ2v) is 9.56. The standard InChI is InChI=1S/C42H30/c1-27-10-7-14-31-15-9-19-37(39(27)31)42-36-17-6-5-16-35(36)41(38-18-8-11-28(2)40(38)42)32-23-20-30(21-24-32)34-25-22-29-12-3-4-13-33(29)26-34/h3-26H,1-2H3/i3D,5D,6D,7D,8D,9D,10D,11D,12D,13D,14D,15D,16D,17D,18D,19D,20D,21D,22D,23D,24D,25D,26D. The van der Waals surface area contributed by atoms with Gasteiger partial charge in [-0.1, -0.05) is 139 Å². The van der Waals surface area contributed by atoms with Crippen LogP contribution < -0.4 is 0 Å². The van der Waals surface area contributed by atoms with Gasteiger partial charge in [-0.15, -0.1) is 0 Å². The summed E-state index contributed by atoms with van der Waals surface area (Å²) in [7, 11) is 0. The zero-order valence-corrected chi connectivity index (χ0v) is 22.1. The lowest BCUT2D eigenvalue weighted by molar-refractivity contribution is 1.52. The Balaban J connectivity index is 1.69. The van der Waals surface area contributed by atoms with E-state index in [0.717, 1.165) is 6.07 Å². The van der Waals surface area contributed by atoms with E-state index in [9.17, 15) is 11.0 Å². The fraction of sp³-hybridized carbons (Fsp3) is 0.0476. The summed E-state index contributed by atoms with van der Waals surface area (Å²) in [6.45, 7) is 2.69. The van der Waals surface area contributed by atoms with Crippen LogP contribution in [0.4, 0.5) is 0 Å². The highest BCUT2D eigenvalue weighted by atomic mass is 14.2. The van der Waals surface area contributed by atoms with Gasteiger partial charge < -0.3 is 0 Å². The predicted molar refractivity (Wildman–Crippen MR) is 182 cm³/mol. The van der Waals surface area contributed by atoms with Gasteiger partial charge in [-0.3, -0.25) is 0 Å². The van der Waals surface area contributed by atoms with Crippen molar-refractivity contribution >= 4 is 43.1 Å². The molecule has 198 valence electrons. The zero-order chi connectivity index (χ0) is 48.2. The van der Waals surface area contributed by atoms with Gasteiger partial charge in [0, 0.05) is 0 Å². The van der Waals surface area contributed by atoms with Crippen molar-refractivity contribution in [3.05, 3.63) is 156 Å². The molecule has 0 heteroatoms. The summed E-state index contributed by atoms with van der Waals surface area (Å²) >= 11 is 0. The van der Waals surface area contributed by atoms with E-state index in [4.69, 9.17) is 20.6 Å². The van der Waals surface area contributed by atoms with Crippen molar-refractivity contribution < 1.29 is 31.5 Å². The Morgan fingerprint density at radius 2 is 1.02 bits per heavy atom. The summed E-state index contributed by atoms with van der Waals surface area (Å²) in [5, 5.41) is -3.08. The maximum absolute atomic E-state index is 9.50. The summed E-state index contributed by atoms with van der Waals surface area (Å²) in [5.74, 6) is 0. The van der Waals surface area contributed by atoms with Gasteiger partial charge in [0.15, 0.2) is 0 Å². The van der Waals surface area contributed by atoms with E-state index in [2.05, 4.69) is 0 Å². The van der Waals surface area contributed by atoms with Crippen LogP contribution in [0.5, 0.6) is 0 Å². The molecule has 0 nitrogen and oxygen atoms in total. The molecular weight excluding hydrogens is 504 g/mol. The molecule has 0 aliphatic carbocycles. The molecule has 0 bridgehead atoms. The van der Waals surface area contributed by atoms with E-state index < -0.39 is 177 Å². The Morgan fingerprint density at radius 3 is 1.83 bits per heavy atom. The quantitative estimate of drug-likeness (QED) is 0.190. The third-order valence-corrected chi connectivity index (χ3v) is 7.11. The number of benzene rings is 8. The topological polar surface area (TPSA) is 0 Å². The molecule has 0 aromatic heterocycles. The van der Waals surface area contributed by atoms with E-state index in [-0.39, 0.29) is 49.2 Å². The first-order valence-electron chi connectivity index (χ1n) is 24.3. The molecule has 8 rings (SSSR count). The lowest BCUT2D eigenvalue weighted by Crippen LogP contribution is -1.94. The highest BCUT2D eigenvalue weighted by molar-refractivity contribution is 6.24. The van der Waals surface area contributed by atoms with Crippen molar-refractivity contribution in [1.82, 2.24) is 0 Å². The monoisotopic (exact) mass is 557 g/mol. The van der Waals surface area contributed by atoms with Crippen LogP contribution in [0.15, 0.2) is 145 Å². The second-order valence-electron chi connectivity index (χ2n) is 9.56. The number of aryl methyl sites for hydroxylation is 2. The maximum Gasteiger partial charge on any atom is 0.0636 e. The summed E-state index contributed by atoms with van der Waals surface area (Å²) in [5.41, 5.74) is -3.50. The largest absolute Gasteiger partial charge is 0.0636 e. The molecule has 0 fully saturated rings. The highest BCUT2D eigenvalue weighted by Crippen LogP contribution is 2.46. The Hall–Kier alpha value is -5.20. The molecule has 0 N–H and O–H groups in total. The minimum Gasteiger partial charge on any atom is -0.0616 e. The molecule has 0 unspecified atom stereocenters. The average Bonchev–Trinajstić information content (AvgIpc) is 3.26. The third kappa shape index (κ3) is 3.84. The molecule has 0 aliphatic rings. The van der Waals surface area contributed by atoms with Crippen LogP contribution in [0.2, 0.25) is 0 Å². The zero-order valence-electron chi connectivity index (χ0n) is 45.1. The Labute approximate surface area is 278 Å². The fourth-order valence-electron chi connectivity index (χ4n) is 5.26. The molecule has 0 spiro atoms. The summed E-state index contributed by atoms with van der Waals surface area (Å²) in [4.78, 5) is 0. The number of rotatable bonds is 3. The van der Waals surface area contributed by atoms with Gasteiger partial charge in [0.05, 0.1) is 31.5 Å². The molecule has 0 amide bonds. The van der Waals surface area contributed by atoms with Crippen molar-refractivity contribution in [3.8, 4) is 33.4 Å². The molecule has 0 atom stereocenters. The molecule has 8 aromatic carbocycles. The predicted octanol–water partition coefficient (Wildman–Crippen LogP) is 11.9. The van der Waals surface area contributed by atoms with E-state index in [1.807, 2.05) is 0 Å². The van der Waals surface area contributed by atoms with Crippen LogP contribution in [-0.2, 0) is 0 Å². The normalized spacial score (nSPS) is 19.2. The van der Waals surface area contributed by atoms with Gasteiger partial charge >= 0.3 is 0 Å². The average molecular weight is 558 g/mol. The smallest absolute Gasteiger partial charge is 0.0616 e. The molecular formula is C42H30. The molecule has 0 heterocycles. The Morgan fingerprint density at radius 1 is 0.405 bits per heavy atom. The third-order valence-electron chi connectivity index (χ3n) is 7.11. The minimum atomic E-state index is -0.948. The summed E-state index contributed by atoms with van der Waals surface area (Å²) < 4.78 is 206. The molecule has 0 radical (unpaired) electrons. The van der Waals surface area contributed by atoms with Crippen molar-refractivity contribution in [2.75, 3.05) is 0 Å². The summed E-state index contributed by atoms with van der Waals surface area (Å²) in [6, 6.07) is -16.0. The number of fused-ring (bicyclic) bond motifs is 4.